The third kappa shape index (κ3) is 5.91. The predicted molar refractivity (Wildman–Crippen MR) is 78.1 cm³/mol. The highest BCUT2D eigenvalue weighted by Crippen LogP contribution is 2.37. The van der Waals surface area contributed by atoms with Crippen molar-refractivity contribution in [3.05, 3.63) is 0 Å². The summed E-state index contributed by atoms with van der Waals surface area (Å²) in [6, 6.07) is 0.338. The molecule has 1 rings (SSSR count). The number of hydrogen-bond donors (Lipinski definition) is 2. The topological polar surface area (TPSA) is 50.4 Å². The van der Waals surface area contributed by atoms with E-state index < -0.39 is 0 Å². The maximum atomic E-state index is 11.9. The van der Waals surface area contributed by atoms with Crippen molar-refractivity contribution in [3.63, 3.8) is 0 Å². The molecule has 0 heterocycles. The Kier molecular flexibility index (Phi) is 6.80. The molecule has 112 valence electrons. The number of hydrogen-bond acceptors (Lipinski definition) is 3. The highest BCUT2D eigenvalue weighted by atomic mass is 16.5. The molecule has 0 unspecified atom stereocenters. The molecule has 19 heavy (non-hydrogen) atoms. The molecule has 0 aromatic heterocycles. The third-order valence-electron chi connectivity index (χ3n) is 3.99. The first kappa shape index (κ1) is 16.4. The SMILES string of the molecule is COCCNCC(=O)N[C@@H]1CCCC[C@@H]1C(C)(C)C. The molecule has 0 bridgehead atoms. The van der Waals surface area contributed by atoms with Crippen LogP contribution < -0.4 is 10.6 Å². The maximum Gasteiger partial charge on any atom is 0.234 e. The summed E-state index contributed by atoms with van der Waals surface area (Å²) >= 11 is 0. The van der Waals surface area contributed by atoms with Gasteiger partial charge in [0, 0.05) is 19.7 Å². The quantitative estimate of drug-likeness (QED) is 0.725. The molecule has 1 fully saturated rings. The van der Waals surface area contributed by atoms with E-state index in [1.54, 1.807) is 7.11 Å². The number of carbonyl (C=O) groups is 1. The lowest BCUT2D eigenvalue weighted by Crippen LogP contribution is -2.49. The van der Waals surface area contributed by atoms with Gasteiger partial charge in [-0.3, -0.25) is 4.79 Å². The standard InChI is InChI=1S/C15H30N2O2/c1-15(2,3)12-7-5-6-8-13(12)17-14(18)11-16-9-10-19-4/h12-13,16H,5-11H2,1-4H3,(H,17,18)/t12-,13+/m0/s1. The molecular weight excluding hydrogens is 240 g/mol. The van der Waals surface area contributed by atoms with Gasteiger partial charge in [0.2, 0.25) is 5.91 Å². The second kappa shape index (κ2) is 7.85. The molecule has 0 saturated heterocycles. The summed E-state index contributed by atoms with van der Waals surface area (Å²) in [6.07, 6.45) is 4.87. The second-order valence-electron chi connectivity index (χ2n) is 6.60. The number of amides is 1. The molecule has 4 nitrogen and oxygen atoms in total. The van der Waals surface area contributed by atoms with Gasteiger partial charge in [0.1, 0.15) is 0 Å². The first-order chi connectivity index (χ1) is 8.95. The van der Waals surface area contributed by atoms with E-state index in [1.807, 2.05) is 0 Å². The smallest absolute Gasteiger partial charge is 0.234 e. The Morgan fingerprint density at radius 2 is 1.95 bits per heavy atom. The van der Waals surface area contributed by atoms with Crippen LogP contribution in [0.1, 0.15) is 46.5 Å². The molecule has 1 saturated carbocycles. The first-order valence-corrected chi connectivity index (χ1v) is 7.44. The van der Waals surface area contributed by atoms with Crippen LogP contribution in [0.5, 0.6) is 0 Å². The van der Waals surface area contributed by atoms with Gasteiger partial charge in [-0.2, -0.15) is 0 Å². The van der Waals surface area contributed by atoms with E-state index in [2.05, 4.69) is 31.4 Å². The monoisotopic (exact) mass is 270 g/mol. The van der Waals surface area contributed by atoms with Crippen LogP contribution in [0.2, 0.25) is 0 Å². The zero-order valence-corrected chi connectivity index (χ0v) is 12.9. The van der Waals surface area contributed by atoms with E-state index in [9.17, 15) is 4.79 Å². The average molecular weight is 270 g/mol. The molecule has 1 aliphatic carbocycles. The van der Waals surface area contributed by atoms with Crippen LogP contribution in [0.25, 0.3) is 0 Å². The second-order valence-corrected chi connectivity index (χ2v) is 6.60. The molecule has 0 aromatic rings. The normalized spacial score (nSPS) is 24.2. The van der Waals surface area contributed by atoms with Gasteiger partial charge in [-0.1, -0.05) is 33.6 Å². The van der Waals surface area contributed by atoms with Crippen LogP contribution in [0.15, 0.2) is 0 Å². The summed E-state index contributed by atoms with van der Waals surface area (Å²) in [7, 11) is 1.66. The van der Waals surface area contributed by atoms with Crippen LogP contribution in [0.3, 0.4) is 0 Å². The number of methoxy groups -OCH3 is 1. The minimum Gasteiger partial charge on any atom is -0.383 e. The molecule has 1 amide bonds. The minimum atomic E-state index is 0.109. The van der Waals surface area contributed by atoms with Crippen LogP contribution >= 0.6 is 0 Å². The van der Waals surface area contributed by atoms with Crippen molar-refractivity contribution in [2.24, 2.45) is 11.3 Å². The predicted octanol–water partition coefficient (Wildman–Crippen LogP) is 1.94. The fourth-order valence-corrected chi connectivity index (χ4v) is 2.97. The van der Waals surface area contributed by atoms with Gasteiger partial charge in [-0.05, 0) is 24.2 Å². The van der Waals surface area contributed by atoms with Crippen molar-refractivity contribution in [3.8, 4) is 0 Å². The van der Waals surface area contributed by atoms with Gasteiger partial charge in [0.05, 0.1) is 13.2 Å². The Labute approximate surface area is 117 Å². The Bertz CT molecular complexity index is 274. The van der Waals surface area contributed by atoms with Crippen molar-refractivity contribution in [1.29, 1.82) is 0 Å². The third-order valence-corrected chi connectivity index (χ3v) is 3.99. The van der Waals surface area contributed by atoms with Crippen LogP contribution in [-0.4, -0.2) is 38.8 Å². The van der Waals surface area contributed by atoms with Crippen LogP contribution in [-0.2, 0) is 9.53 Å². The first-order valence-electron chi connectivity index (χ1n) is 7.44. The van der Waals surface area contributed by atoms with Gasteiger partial charge in [-0.15, -0.1) is 0 Å². The Morgan fingerprint density at radius 1 is 1.26 bits per heavy atom. The molecule has 1 aliphatic rings. The van der Waals surface area contributed by atoms with Gasteiger partial charge >= 0.3 is 0 Å². The zero-order valence-electron chi connectivity index (χ0n) is 12.9. The minimum absolute atomic E-state index is 0.109. The Morgan fingerprint density at radius 3 is 2.58 bits per heavy atom. The fourth-order valence-electron chi connectivity index (χ4n) is 2.97. The van der Waals surface area contributed by atoms with Crippen LogP contribution in [0, 0.1) is 11.3 Å². The molecule has 0 spiro atoms. The molecule has 0 radical (unpaired) electrons. The van der Waals surface area contributed by atoms with Gasteiger partial charge in [0.25, 0.3) is 0 Å². The summed E-state index contributed by atoms with van der Waals surface area (Å²) in [6.45, 7) is 8.58. The van der Waals surface area contributed by atoms with Crippen LogP contribution in [0.4, 0.5) is 0 Å². The molecule has 0 aromatic carbocycles. The molecule has 2 atom stereocenters. The molecular formula is C15H30N2O2. The Balaban J connectivity index is 2.38. The lowest BCUT2D eigenvalue weighted by molar-refractivity contribution is -0.122. The van der Waals surface area contributed by atoms with Gasteiger partial charge in [0.15, 0.2) is 0 Å². The summed E-state index contributed by atoms with van der Waals surface area (Å²) in [5.74, 6) is 0.696. The molecule has 4 heteroatoms. The zero-order chi connectivity index (χ0) is 14.3. The number of ether oxygens (including phenoxy) is 1. The molecule has 0 aliphatic heterocycles. The van der Waals surface area contributed by atoms with E-state index in [1.165, 1.54) is 19.3 Å². The lowest BCUT2D eigenvalue weighted by atomic mass is 9.69. The van der Waals surface area contributed by atoms with Gasteiger partial charge < -0.3 is 15.4 Å². The van der Waals surface area contributed by atoms with Crippen molar-refractivity contribution in [2.45, 2.75) is 52.5 Å². The van der Waals surface area contributed by atoms with Crippen molar-refractivity contribution in [1.82, 2.24) is 10.6 Å². The van der Waals surface area contributed by atoms with Crippen molar-refractivity contribution in [2.75, 3.05) is 26.8 Å². The number of nitrogens with one attached hydrogen (secondary N) is 2. The van der Waals surface area contributed by atoms with E-state index in [4.69, 9.17) is 4.74 Å². The highest BCUT2D eigenvalue weighted by molar-refractivity contribution is 5.78. The largest absolute Gasteiger partial charge is 0.383 e. The van der Waals surface area contributed by atoms with E-state index in [0.29, 0.717) is 25.1 Å². The highest BCUT2D eigenvalue weighted by Gasteiger charge is 2.34. The Hall–Kier alpha value is -0.610. The average Bonchev–Trinajstić information content (AvgIpc) is 2.34. The van der Waals surface area contributed by atoms with Crippen molar-refractivity contribution >= 4 is 5.91 Å². The summed E-state index contributed by atoms with van der Waals surface area (Å²) < 4.78 is 4.94. The van der Waals surface area contributed by atoms with Crippen molar-refractivity contribution < 1.29 is 9.53 Å². The van der Waals surface area contributed by atoms with E-state index in [0.717, 1.165) is 13.0 Å². The van der Waals surface area contributed by atoms with E-state index >= 15 is 0 Å². The maximum absolute atomic E-state index is 11.9. The molecule has 2 N–H and O–H groups in total. The fraction of sp³-hybridized carbons (Fsp3) is 0.933. The summed E-state index contributed by atoms with van der Waals surface area (Å²) in [5.41, 5.74) is 0.266. The number of carbonyl (C=O) groups excluding carboxylic acids is 1. The number of rotatable bonds is 6. The summed E-state index contributed by atoms with van der Waals surface area (Å²) in [5, 5.41) is 6.30. The van der Waals surface area contributed by atoms with E-state index in [-0.39, 0.29) is 11.3 Å². The summed E-state index contributed by atoms with van der Waals surface area (Å²) in [4.78, 5) is 11.9. The van der Waals surface area contributed by atoms with Gasteiger partial charge in [-0.25, -0.2) is 0 Å². The lowest BCUT2D eigenvalue weighted by Gasteiger charge is -2.40.